The van der Waals surface area contributed by atoms with Crippen molar-refractivity contribution in [1.82, 2.24) is 4.72 Å². The largest absolute Gasteiger partial charge is 0.242 e. The Bertz CT molecular complexity index is 513. The summed E-state index contributed by atoms with van der Waals surface area (Å²) in [4.78, 5) is 0.0675. The number of sulfonamides is 1. The minimum atomic E-state index is -3.63. The van der Waals surface area contributed by atoms with Crippen LogP contribution in [0.4, 0.5) is 0 Å². The number of benzene rings is 1. The molecule has 0 atom stereocenters. The summed E-state index contributed by atoms with van der Waals surface area (Å²) in [7, 11) is -3.63. The molecular formula is C11H15Cl2NO2S. The number of aryl methyl sites for hydroxylation is 1. The molecule has 0 unspecified atom stereocenters. The van der Waals surface area contributed by atoms with Crippen LogP contribution < -0.4 is 4.72 Å². The van der Waals surface area contributed by atoms with E-state index in [1.54, 1.807) is 33.8 Å². The third-order valence-corrected chi connectivity index (χ3v) is 5.07. The molecule has 0 saturated heterocycles. The van der Waals surface area contributed by atoms with Crippen LogP contribution in [0.3, 0.4) is 0 Å². The lowest BCUT2D eigenvalue weighted by atomic mass is 10.2. The Balaban J connectivity index is 3.51. The zero-order chi connectivity index (χ0) is 13.4. The summed E-state index contributed by atoms with van der Waals surface area (Å²) in [5, 5.41) is 0.621. The first-order valence-electron chi connectivity index (χ1n) is 5.14. The van der Waals surface area contributed by atoms with Crippen molar-refractivity contribution in [3.63, 3.8) is 0 Å². The lowest BCUT2D eigenvalue weighted by molar-refractivity contribution is 0.569. The Morgan fingerprint density at radius 1 is 1.24 bits per heavy atom. The summed E-state index contributed by atoms with van der Waals surface area (Å²) < 4.78 is 26.8. The molecule has 0 aromatic heterocycles. The van der Waals surface area contributed by atoms with Gasteiger partial charge in [-0.05, 0) is 44.9 Å². The lowest BCUT2D eigenvalue weighted by Crippen LogP contribution is -2.31. The van der Waals surface area contributed by atoms with Crippen molar-refractivity contribution in [3.05, 3.63) is 27.2 Å². The second-order valence-electron chi connectivity index (χ2n) is 4.22. The highest BCUT2D eigenvalue weighted by atomic mass is 35.5. The fraction of sp³-hybridized carbons (Fsp3) is 0.455. The Hall–Kier alpha value is -0.290. The number of nitrogens with one attached hydrogen (secondary N) is 1. The van der Waals surface area contributed by atoms with Gasteiger partial charge in [0, 0.05) is 11.1 Å². The Morgan fingerprint density at radius 2 is 1.76 bits per heavy atom. The Morgan fingerprint density at radius 3 is 2.24 bits per heavy atom. The van der Waals surface area contributed by atoms with E-state index in [2.05, 4.69) is 4.72 Å². The third kappa shape index (κ3) is 3.13. The zero-order valence-electron chi connectivity index (χ0n) is 10.1. The Kier molecular flexibility index (Phi) is 4.47. The van der Waals surface area contributed by atoms with E-state index in [1.807, 2.05) is 0 Å². The van der Waals surface area contributed by atoms with Crippen LogP contribution in [0.15, 0.2) is 11.0 Å². The topological polar surface area (TPSA) is 46.2 Å². The monoisotopic (exact) mass is 295 g/mol. The highest BCUT2D eigenvalue weighted by molar-refractivity contribution is 7.89. The van der Waals surface area contributed by atoms with Gasteiger partial charge in [0.2, 0.25) is 10.0 Å². The maximum atomic E-state index is 12.1. The molecule has 6 heteroatoms. The molecule has 1 aromatic rings. The number of rotatable bonds is 3. The van der Waals surface area contributed by atoms with Crippen LogP contribution in [-0.2, 0) is 10.0 Å². The predicted molar refractivity (Wildman–Crippen MR) is 71.4 cm³/mol. The van der Waals surface area contributed by atoms with Gasteiger partial charge < -0.3 is 0 Å². The van der Waals surface area contributed by atoms with Crippen molar-refractivity contribution in [2.45, 2.75) is 38.6 Å². The van der Waals surface area contributed by atoms with Crippen molar-refractivity contribution in [2.24, 2.45) is 0 Å². The van der Waals surface area contributed by atoms with E-state index in [0.29, 0.717) is 16.1 Å². The van der Waals surface area contributed by atoms with E-state index in [0.717, 1.165) is 0 Å². The van der Waals surface area contributed by atoms with Crippen LogP contribution in [0, 0.1) is 13.8 Å². The first-order chi connectivity index (χ1) is 7.66. The molecule has 0 spiro atoms. The van der Waals surface area contributed by atoms with Gasteiger partial charge in [-0.3, -0.25) is 0 Å². The van der Waals surface area contributed by atoms with Gasteiger partial charge in [0.1, 0.15) is 4.90 Å². The van der Waals surface area contributed by atoms with Crippen LogP contribution in [-0.4, -0.2) is 14.5 Å². The fourth-order valence-electron chi connectivity index (χ4n) is 1.50. The molecule has 1 aromatic carbocycles. The first-order valence-corrected chi connectivity index (χ1v) is 7.38. The minimum absolute atomic E-state index is 0.0675. The van der Waals surface area contributed by atoms with Gasteiger partial charge in [-0.2, -0.15) is 0 Å². The molecule has 17 heavy (non-hydrogen) atoms. The third-order valence-electron chi connectivity index (χ3n) is 2.25. The van der Waals surface area contributed by atoms with Crippen molar-refractivity contribution < 1.29 is 8.42 Å². The van der Waals surface area contributed by atoms with Crippen LogP contribution in [0.5, 0.6) is 0 Å². The first kappa shape index (κ1) is 14.8. The highest BCUT2D eigenvalue weighted by Gasteiger charge is 2.24. The summed E-state index contributed by atoms with van der Waals surface area (Å²) in [6, 6.07) is 1.46. The Labute approximate surface area is 112 Å². The normalized spacial score (nSPS) is 12.2. The number of hydrogen-bond acceptors (Lipinski definition) is 2. The molecule has 96 valence electrons. The number of hydrogen-bond donors (Lipinski definition) is 1. The molecular weight excluding hydrogens is 281 g/mol. The van der Waals surface area contributed by atoms with Crippen LogP contribution in [0.25, 0.3) is 0 Å². The van der Waals surface area contributed by atoms with Gasteiger partial charge >= 0.3 is 0 Å². The summed E-state index contributed by atoms with van der Waals surface area (Å²) >= 11 is 12.0. The van der Waals surface area contributed by atoms with Gasteiger partial charge in [0.25, 0.3) is 0 Å². The second-order valence-corrected chi connectivity index (χ2v) is 6.66. The maximum Gasteiger partial charge on any atom is 0.242 e. The van der Waals surface area contributed by atoms with Crippen molar-refractivity contribution in [2.75, 3.05) is 0 Å². The van der Waals surface area contributed by atoms with Crippen LogP contribution in [0.1, 0.15) is 25.0 Å². The zero-order valence-corrected chi connectivity index (χ0v) is 12.5. The van der Waals surface area contributed by atoms with Gasteiger partial charge in [-0.1, -0.05) is 23.2 Å². The SMILES string of the molecule is Cc1cc(Cl)c(C)c(S(=O)(=O)NC(C)C)c1Cl. The van der Waals surface area contributed by atoms with Gasteiger partial charge in [-0.25, -0.2) is 13.1 Å². The molecule has 0 radical (unpaired) electrons. The maximum absolute atomic E-state index is 12.1. The average Bonchev–Trinajstić information content (AvgIpc) is 2.12. The molecule has 0 heterocycles. The van der Waals surface area contributed by atoms with E-state index < -0.39 is 10.0 Å². The summed E-state index contributed by atoms with van der Waals surface area (Å²) in [6.45, 7) is 6.86. The summed E-state index contributed by atoms with van der Waals surface area (Å²) in [5.41, 5.74) is 1.11. The van der Waals surface area contributed by atoms with E-state index >= 15 is 0 Å². The average molecular weight is 296 g/mol. The van der Waals surface area contributed by atoms with E-state index in [-0.39, 0.29) is 16.0 Å². The second kappa shape index (κ2) is 5.14. The molecule has 0 aliphatic carbocycles. The molecule has 0 aliphatic heterocycles. The van der Waals surface area contributed by atoms with E-state index in [1.165, 1.54) is 0 Å². The molecule has 0 bridgehead atoms. The van der Waals surface area contributed by atoms with Gasteiger partial charge in [0.05, 0.1) is 5.02 Å². The highest BCUT2D eigenvalue weighted by Crippen LogP contribution is 2.33. The summed E-state index contributed by atoms with van der Waals surface area (Å²) in [6.07, 6.45) is 0. The minimum Gasteiger partial charge on any atom is -0.209 e. The van der Waals surface area contributed by atoms with E-state index in [4.69, 9.17) is 23.2 Å². The molecule has 1 rings (SSSR count). The quantitative estimate of drug-likeness (QED) is 0.930. The van der Waals surface area contributed by atoms with Crippen molar-refractivity contribution >= 4 is 33.2 Å². The lowest BCUT2D eigenvalue weighted by Gasteiger charge is -2.15. The van der Waals surface area contributed by atoms with Gasteiger partial charge in [0.15, 0.2) is 0 Å². The van der Waals surface area contributed by atoms with Gasteiger partial charge in [-0.15, -0.1) is 0 Å². The molecule has 0 saturated carbocycles. The predicted octanol–water partition coefficient (Wildman–Crippen LogP) is 3.30. The molecule has 0 amide bonds. The fourth-order valence-corrected chi connectivity index (χ4v) is 3.97. The molecule has 3 nitrogen and oxygen atoms in total. The molecule has 1 N–H and O–H groups in total. The number of halogens is 2. The van der Waals surface area contributed by atoms with Crippen molar-refractivity contribution in [3.8, 4) is 0 Å². The van der Waals surface area contributed by atoms with E-state index in [9.17, 15) is 8.42 Å². The standard InChI is InChI=1S/C11H15Cl2NO2S/c1-6(2)14-17(15,16)11-8(4)9(12)5-7(3)10(11)13/h5-6,14H,1-4H3. The van der Waals surface area contributed by atoms with Crippen molar-refractivity contribution in [1.29, 1.82) is 0 Å². The summed E-state index contributed by atoms with van der Waals surface area (Å²) in [5.74, 6) is 0. The molecule has 0 fully saturated rings. The smallest absolute Gasteiger partial charge is 0.209 e. The van der Waals surface area contributed by atoms with Crippen LogP contribution in [0.2, 0.25) is 10.0 Å². The van der Waals surface area contributed by atoms with Crippen LogP contribution >= 0.6 is 23.2 Å². The molecule has 0 aliphatic rings.